The van der Waals surface area contributed by atoms with E-state index in [1.165, 1.54) is 51.4 Å². The molecule has 2 heterocycles. The van der Waals surface area contributed by atoms with Gasteiger partial charge in [0.1, 0.15) is 48.8 Å². The average Bonchev–Trinajstić information content (AvgIpc) is 3.30. The minimum absolute atomic E-state index is 0.175. The van der Waals surface area contributed by atoms with Crippen molar-refractivity contribution in [1.29, 1.82) is 0 Å². The molecule has 2 aliphatic heterocycles. The maximum atomic E-state index is 13.1. The molecular formula is C51H87NO13. The first-order valence-electron chi connectivity index (χ1n) is 24.7. The van der Waals surface area contributed by atoms with Crippen LogP contribution in [0.4, 0.5) is 0 Å². The molecule has 0 saturated carbocycles. The molecule has 2 aliphatic rings. The highest BCUT2D eigenvalue weighted by Gasteiger charge is 2.51. The Bertz CT molecular complexity index is 1370. The lowest BCUT2D eigenvalue weighted by Crippen LogP contribution is -2.65. The van der Waals surface area contributed by atoms with Gasteiger partial charge >= 0.3 is 0 Å². The number of carbonyl (C=O) groups excluding carboxylic acids is 1. The molecule has 9 N–H and O–H groups in total. The highest BCUT2D eigenvalue weighted by atomic mass is 16.7. The molecule has 0 radical (unpaired) electrons. The molecule has 1 amide bonds. The summed E-state index contributed by atoms with van der Waals surface area (Å²) in [5.41, 5.74) is 0. The van der Waals surface area contributed by atoms with Crippen molar-refractivity contribution in [3.05, 3.63) is 72.9 Å². The van der Waals surface area contributed by atoms with E-state index in [1.54, 1.807) is 0 Å². The lowest BCUT2D eigenvalue weighted by atomic mass is 9.97. The van der Waals surface area contributed by atoms with E-state index in [9.17, 15) is 45.6 Å². The zero-order chi connectivity index (χ0) is 47.5. The Morgan fingerprint density at radius 2 is 1.03 bits per heavy atom. The Morgan fingerprint density at radius 3 is 1.54 bits per heavy atom. The Morgan fingerprint density at radius 1 is 0.569 bits per heavy atom. The first-order valence-corrected chi connectivity index (χ1v) is 24.7. The van der Waals surface area contributed by atoms with Crippen LogP contribution in [-0.2, 0) is 23.7 Å². The number of ether oxygens (including phenoxy) is 4. The van der Waals surface area contributed by atoms with Crippen LogP contribution in [0.2, 0.25) is 0 Å². The SMILES string of the molecule is CC/C=C\C/C=C\C/C=C\C/C=C\C/C=C\C/C=C\CCC(=O)NC(COC1OC(CO)C(OC2OC(CO)C(O)C(O)C2O)C(O)C1O)C(O)CCCCCCCCCCCCCC. The molecule has 14 nitrogen and oxygen atoms in total. The predicted molar refractivity (Wildman–Crippen MR) is 253 cm³/mol. The maximum Gasteiger partial charge on any atom is 0.220 e. The van der Waals surface area contributed by atoms with E-state index in [4.69, 9.17) is 18.9 Å². The molecule has 0 aromatic rings. The Kier molecular flexibility index (Phi) is 33.7. The summed E-state index contributed by atoms with van der Waals surface area (Å²) in [4.78, 5) is 13.1. The fraction of sp³-hybridized carbons (Fsp3) is 0.745. The number of amides is 1. The number of carbonyl (C=O) groups is 1. The van der Waals surface area contributed by atoms with Crippen LogP contribution < -0.4 is 5.32 Å². The molecule has 14 heteroatoms. The standard InChI is InChI=1S/C51H87NO13/c1-3-5-7-9-11-13-15-17-18-19-20-21-22-23-25-27-29-31-33-35-43(56)52-39(40(55)34-32-30-28-26-24-16-14-12-10-8-6-4-2)38-62-50-48(61)46(59)49(42(37-54)64-50)65-51-47(60)45(58)44(57)41(36-53)63-51/h5,7,11,13,17-18,20-21,23,25,29,31,39-42,44-51,53-55,57-61H,3-4,6,8-10,12,14-16,19,22,24,26-28,30,32-38H2,1-2H3,(H,52,56)/b7-5-,13-11-,18-17-,21-20-,25-23-,31-29-. The zero-order valence-electron chi connectivity index (χ0n) is 39.4. The second-order valence-corrected chi connectivity index (χ2v) is 17.2. The number of nitrogens with one attached hydrogen (secondary N) is 1. The fourth-order valence-corrected chi connectivity index (χ4v) is 7.67. The summed E-state index contributed by atoms with van der Waals surface area (Å²) in [6.07, 6.45) is 29.2. The van der Waals surface area contributed by atoms with Crippen LogP contribution >= 0.6 is 0 Å². The van der Waals surface area contributed by atoms with Crippen molar-refractivity contribution in [3.8, 4) is 0 Å². The van der Waals surface area contributed by atoms with Gasteiger partial charge in [-0.05, 0) is 51.4 Å². The van der Waals surface area contributed by atoms with Gasteiger partial charge in [0.15, 0.2) is 12.6 Å². The Hall–Kier alpha value is -2.57. The number of hydrogen-bond acceptors (Lipinski definition) is 13. The summed E-state index contributed by atoms with van der Waals surface area (Å²) in [7, 11) is 0. The van der Waals surface area contributed by atoms with E-state index in [0.717, 1.165) is 64.2 Å². The van der Waals surface area contributed by atoms with Crippen molar-refractivity contribution in [2.45, 2.75) is 222 Å². The largest absolute Gasteiger partial charge is 0.394 e. The average molecular weight is 922 g/mol. The molecule has 2 saturated heterocycles. The normalized spacial score (nSPS) is 27.7. The molecule has 0 aliphatic carbocycles. The summed E-state index contributed by atoms with van der Waals surface area (Å²) in [5.74, 6) is -0.293. The molecule has 0 spiro atoms. The summed E-state index contributed by atoms with van der Waals surface area (Å²) >= 11 is 0. The third-order valence-corrected chi connectivity index (χ3v) is 11.7. The van der Waals surface area contributed by atoms with Crippen molar-refractivity contribution < 1.29 is 64.6 Å². The quantitative estimate of drug-likeness (QED) is 0.0258. The number of allylic oxidation sites excluding steroid dienone is 12. The minimum atomic E-state index is -1.79. The summed E-state index contributed by atoms with van der Waals surface area (Å²) in [6.45, 7) is 2.65. The van der Waals surface area contributed by atoms with Crippen LogP contribution in [0.3, 0.4) is 0 Å². The third kappa shape index (κ3) is 24.9. The van der Waals surface area contributed by atoms with Gasteiger partial charge < -0.3 is 65.1 Å². The van der Waals surface area contributed by atoms with E-state index < -0.39 is 86.8 Å². The van der Waals surface area contributed by atoms with Gasteiger partial charge in [-0.2, -0.15) is 0 Å². The van der Waals surface area contributed by atoms with Gasteiger partial charge in [0.2, 0.25) is 5.91 Å². The molecule has 374 valence electrons. The van der Waals surface area contributed by atoms with Crippen LogP contribution in [0, 0.1) is 0 Å². The summed E-state index contributed by atoms with van der Waals surface area (Å²) < 4.78 is 22.7. The smallest absolute Gasteiger partial charge is 0.220 e. The number of hydrogen-bond donors (Lipinski definition) is 9. The fourth-order valence-electron chi connectivity index (χ4n) is 7.67. The zero-order valence-corrected chi connectivity index (χ0v) is 39.4. The first kappa shape index (κ1) is 58.6. The molecule has 0 aromatic heterocycles. The number of unbranched alkanes of at least 4 members (excludes halogenated alkanes) is 11. The van der Waals surface area contributed by atoms with E-state index in [-0.39, 0.29) is 18.9 Å². The van der Waals surface area contributed by atoms with Gasteiger partial charge in [0.05, 0.1) is 32.0 Å². The highest BCUT2D eigenvalue weighted by Crippen LogP contribution is 2.30. The molecule has 0 bridgehead atoms. The second kappa shape index (κ2) is 37.4. The topological polar surface area (TPSA) is 228 Å². The Labute approximate surface area is 389 Å². The van der Waals surface area contributed by atoms with E-state index in [1.807, 2.05) is 12.2 Å². The molecule has 12 unspecified atom stereocenters. The molecule has 2 fully saturated rings. The van der Waals surface area contributed by atoms with Crippen LogP contribution in [0.15, 0.2) is 72.9 Å². The summed E-state index contributed by atoms with van der Waals surface area (Å²) in [6, 6.07) is -0.871. The number of rotatable bonds is 36. The number of aliphatic hydroxyl groups is 8. The van der Waals surface area contributed by atoms with Gasteiger partial charge in [-0.3, -0.25) is 4.79 Å². The van der Waals surface area contributed by atoms with Crippen LogP contribution in [0.5, 0.6) is 0 Å². The summed E-state index contributed by atoms with van der Waals surface area (Å²) in [5, 5.41) is 86.7. The highest BCUT2D eigenvalue weighted by molar-refractivity contribution is 5.76. The van der Waals surface area contributed by atoms with Crippen LogP contribution in [-0.4, -0.2) is 140 Å². The van der Waals surface area contributed by atoms with Gasteiger partial charge in [-0.1, -0.05) is 164 Å². The van der Waals surface area contributed by atoms with E-state index in [2.05, 4.69) is 79.9 Å². The van der Waals surface area contributed by atoms with E-state index in [0.29, 0.717) is 12.8 Å². The lowest BCUT2D eigenvalue weighted by Gasteiger charge is -2.46. The van der Waals surface area contributed by atoms with Gasteiger partial charge in [0.25, 0.3) is 0 Å². The molecule has 65 heavy (non-hydrogen) atoms. The lowest BCUT2D eigenvalue weighted by molar-refractivity contribution is -0.359. The van der Waals surface area contributed by atoms with Crippen molar-refractivity contribution >= 4 is 5.91 Å². The van der Waals surface area contributed by atoms with Gasteiger partial charge in [-0.15, -0.1) is 0 Å². The number of aliphatic hydroxyl groups excluding tert-OH is 8. The van der Waals surface area contributed by atoms with Gasteiger partial charge in [-0.25, -0.2) is 0 Å². The monoisotopic (exact) mass is 922 g/mol. The molecule has 0 aromatic carbocycles. The molecular weight excluding hydrogens is 835 g/mol. The van der Waals surface area contributed by atoms with Crippen LogP contribution in [0.25, 0.3) is 0 Å². The predicted octanol–water partition coefficient (Wildman–Crippen LogP) is 6.04. The second-order valence-electron chi connectivity index (χ2n) is 17.2. The molecule has 2 rings (SSSR count). The van der Waals surface area contributed by atoms with Gasteiger partial charge in [0, 0.05) is 6.42 Å². The first-order chi connectivity index (χ1) is 31.6. The third-order valence-electron chi connectivity index (χ3n) is 11.7. The maximum absolute atomic E-state index is 13.1. The Balaban J connectivity index is 1.88. The van der Waals surface area contributed by atoms with Crippen molar-refractivity contribution in [2.75, 3.05) is 19.8 Å². The van der Waals surface area contributed by atoms with Crippen molar-refractivity contribution in [1.82, 2.24) is 5.32 Å². The van der Waals surface area contributed by atoms with Crippen LogP contribution in [0.1, 0.15) is 149 Å². The van der Waals surface area contributed by atoms with E-state index >= 15 is 0 Å². The van der Waals surface area contributed by atoms with Crippen molar-refractivity contribution in [2.24, 2.45) is 0 Å². The minimum Gasteiger partial charge on any atom is -0.394 e. The molecule has 12 atom stereocenters. The van der Waals surface area contributed by atoms with Crippen molar-refractivity contribution in [3.63, 3.8) is 0 Å².